The Labute approximate surface area is 147 Å². The topological polar surface area (TPSA) is 87.5 Å². The van der Waals surface area contributed by atoms with Crippen molar-refractivity contribution < 1.29 is 27.9 Å². The monoisotopic (exact) mass is 370 g/mol. The van der Waals surface area contributed by atoms with E-state index in [2.05, 4.69) is 10.4 Å². The zero-order valence-corrected chi connectivity index (χ0v) is 14.0. The molecule has 0 bridgehead atoms. The summed E-state index contributed by atoms with van der Waals surface area (Å²) < 4.78 is 38.8. The third kappa shape index (κ3) is 4.74. The van der Waals surface area contributed by atoms with Crippen LogP contribution in [-0.2, 0) is 11.0 Å². The van der Waals surface area contributed by atoms with Gasteiger partial charge < -0.3 is 15.3 Å². The van der Waals surface area contributed by atoms with Crippen LogP contribution in [0.2, 0.25) is 0 Å². The Balaban J connectivity index is 2.02. The molecular formula is C16H17F3N4O3. The molecule has 1 atom stereocenters. The number of carbonyl (C=O) groups is 2. The van der Waals surface area contributed by atoms with E-state index in [-0.39, 0.29) is 6.54 Å². The van der Waals surface area contributed by atoms with E-state index in [1.807, 2.05) is 0 Å². The number of alkyl halides is 3. The number of hydrogen-bond acceptors (Lipinski definition) is 3. The summed E-state index contributed by atoms with van der Waals surface area (Å²) >= 11 is 0. The second-order valence-corrected chi connectivity index (χ2v) is 5.74. The summed E-state index contributed by atoms with van der Waals surface area (Å²) in [6, 6.07) is 6.40. The van der Waals surface area contributed by atoms with Crippen molar-refractivity contribution in [2.45, 2.75) is 13.1 Å². The number of benzene rings is 1. The standard InChI is InChI=1S/C16H17F3N4O3/c1-10(14(24)25)9-22(2)15(26)20-11-3-5-12(6-4-11)23-8-7-13(21-23)16(17,18)19/h3-8,10H,9H2,1-2H3,(H,20,26)(H,24,25). The van der Waals surface area contributed by atoms with Gasteiger partial charge in [0.1, 0.15) is 0 Å². The molecular weight excluding hydrogens is 353 g/mol. The number of urea groups is 1. The first-order valence-corrected chi connectivity index (χ1v) is 7.56. The van der Waals surface area contributed by atoms with Crippen molar-refractivity contribution in [1.82, 2.24) is 14.7 Å². The molecule has 140 valence electrons. The number of carboxylic acids is 1. The Hall–Kier alpha value is -3.04. The molecule has 1 aromatic carbocycles. The SMILES string of the molecule is CC(CN(C)C(=O)Nc1ccc(-n2ccc(C(F)(F)F)n2)cc1)C(=O)O. The van der Waals surface area contributed by atoms with Crippen LogP contribution in [0.15, 0.2) is 36.5 Å². The number of aliphatic carboxylic acids is 1. The zero-order chi connectivity index (χ0) is 19.5. The lowest BCUT2D eigenvalue weighted by Gasteiger charge is -2.20. The lowest BCUT2D eigenvalue weighted by Crippen LogP contribution is -2.36. The molecule has 26 heavy (non-hydrogen) atoms. The Morgan fingerprint density at radius 3 is 2.38 bits per heavy atom. The molecule has 0 aliphatic rings. The summed E-state index contributed by atoms with van der Waals surface area (Å²) in [6.45, 7) is 1.52. The van der Waals surface area contributed by atoms with Crippen LogP contribution in [0.3, 0.4) is 0 Å². The van der Waals surface area contributed by atoms with Gasteiger partial charge in [0.05, 0.1) is 11.6 Å². The zero-order valence-electron chi connectivity index (χ0n) is 14.0. The minimum absolute atomic E-state index is 0.0345. The number of amides is 2. The number of anilines is 1. The summed E-state index contributed by atoms with van der Waals surface area (Å²) in [5.41, 5.74) is -0.188. The molecule has 0 saturated carbocycles. The van der Waals surface area contributed by atoms with Crippen LogP contribution in [0, 0.1) is 5.92 Å². The van der Waals surface area contributed by atoms with Crippen molar-refractivity contribution in [1.29, 1.82) is 0 Å². The van der Waals surface area contributed by atoms with E-state index < -0.39 is 29.8 Å². The maximum absolute atomic E-state index is 12.6. The van der Waals surface area contributed by atoms with E-state index in [0.717, 1.165) is 10.7 Å². The van der Waals surface area contributed by atoms with Gasteiger partial charge in [-0.2, -0.15) is 18.3 Å². The Bertz CT molecular complexity index is 787. The van der Waals surface area contributed by atoms with E-state index >= 15 is 0 Å². The van der Waals surface area contributed by atoms with Crippen molar-refractivity contribution in [3.8, 4) is 5.69 Å². The summed E-state index contributed by atoms with van der Waals surface area (Å²) in [7, 11) is 1.46. The Kier molecular flexibility index (Phi) is 5.53. The number of nitrogens with one attached hydrogen (secondary N) is 1. The first kappa shape index (κ1) is 19.3. The van der Waals surface area contributed by atoms with E-state index in [4.69, 9.17) is 5.11 Å². The molecule has 2 rings (SSSR count). The molecule has 0 saturated heterocycles. The highest BCUT2D eigenvalue weighted by Gasteiger charge is 2.33. The average molecular weight is 370 g/mol. The van der Waals surface area contributed by atoms with Crippen molar-refractivity contribution >= 4 is 17.7 Å². The van der Waals surface area contributed by atoms with Gasteiger partial charge in [0, 0.05) is 25.5 Å². The third-order valence-electron chi connectivity index (χ3n) is 3.58. The number of nitrogens with zero attached hydrogens (tertiary/aromatic N) is 3. The highest BCUT2D eigenvalue weighted by atomic mass is 19.4. The number of rotatable bonds is 5. The largest absolute Gasteiger partial charge is 0.481 e. The van der Waals surface area contributed by atoms with Gasteiger partial charge in [0.2, 0.25) is 0 Å². The molecule has 2 aromatic rings. The number of aromatic nitrogens is 2. The molecule has 1 heterocycles. The van der Waals surface area contributed by atoms with Crippen LogP contribution in [0.1, 0.15) is 12.6 Å². The van der Waals surface area contributed by atoms with Crippen molar-refractivity contribution in [3.63, 3.8) is 0 Å². The number of hydrogen-bond donors (Lipinski definition) is 2. The average Bonchev–Trinajstić information content (AvgIpc) is 3.05. The van der Waals surface area contributed by atoms with Gasteiger partial charge in [-0.1, -0.05) is 6.92 Å². The molecule has 0 fully saturated rings. The first-order valence-electron chi connectivity index (χ1n) is 7.56. The predicted octanol–water partition coefficient (Wildman–Crippen LogP) is 3.08. The summed E-state index contributed by atoms with van der Waals surface area (Å²) in [6.07, 6.45) is -3.33. The highest BCUT2D eigenvalue weighted by molar-refractivity contribution is 5.89. The Morgan fingerprint density at radius 2 is 1.88 bits per heavy atom. The van der Waals surface area contributed by atoms with Gasteiger partial charge in [0.15, 0.2) is 5.69 Å². The van der Waals surface area contributed by atoms with Crippen LogP contribution >= 0.6 is 0 Å². The van der Waals surface area contributed by atoms with Crippen LogP contribution < -0.4 is 5.32 Å². The minimum Gasteiger partial charge on any atom is -0.481 e. The summed E-state index contributed by atoms with van der Waals surface area (Å²) in [5, 5.41) is 14.9. The smallest absolute Gasteiger partial charge is 0.435 e. The van der Waals surface area contributed by atoms with E-state index in [9.17, 15) is 22.8 Å². The quantitative estimate of drug-likeness (QED) is 0.847. The van der Waals surface area contributed by atoms with Crippen LogP contribution in [0.25, 0.3) is 5.69 Å². The molecule has 0 aliphatic carbocycles. The van der Waals surface area contributed by atoms with Gasteiger partial charge in [-0.3, -0.25) is 4.79 Å². The van der Waals surface area contributed by atoms with Gasteiger partial charge in [0.25, 0.3) is 0 Å². The van der Waals surface area contributed by atoms with Crippen molar-refractivity contribution in [3.05, 3.63) is 42.2 Å². The van der Waals surface area contributed by atoms with Crippen LogP contribution in [-0.4, -0.2) is 45.4 Å². The molecule has 1 aromatic heterocycles. The fourth-order valence-electron chi connectivity index (χ4n) is 2.11. The van der Waals surface area contributed by atoms with E-state index in [1.165, 1.54) is 49.3 Å². The molecule has 2 N–H and O–H groups in total. The normalized spacial score (nSPS) is 12.5. The second kappa shape index (κ2) is 7.46. The molecule has 1 unspecified atom stereocenters. The molecule has 0 aliphatic heterocycles. The number of halogens is 3. The summed E-state index contributed by atoms with van der Waals surface area (Å²) in [4.78, 5) is 24.1. The molecule has 2 amide bonds. The first-order chi connectivity index (χ1) is 12.1. The number of carboxylic acid groups (broad SMARTS) is 1. The minimum atomic E-state index is -4.52. The molecule has 10 heteroatoms. The second-order valence-electron chi connectivity index (χ2n) is 5.74. The van der Waals surface area contributed by atoms with Crippen molar-refractivity contribution in [2.75, 3.05) is 18.9 Å². The van der Waals surface area contributed by atoms with Gasteiger partial charge in [-0.05, 0) is 30.3 Å². The molecule has 7 nitrogen and oxygen atoms in total. The molecule has 0 spiro atoms. The highest BCUT2D eigenvalue weighted by Crippen LogP contribution is 2.28. The fourth-order valence-corrected chi connectivity index (χ4v) is 2.11. The fraction of sp³-hybridized carbons (Fsp3) is 0.312. The van der Waals surface area contributed by atoms with Gasteiger partial charge in [-0.15, -0.1) is 0 Å². The van der Waals surface area contributed by atoms with Crippen molar-refractivity contribution in [2.24, 2.45) is 5.92 Å². The lowest BCUT2D eigenvalue weighted by atomic mass is 10.2. The number of carbonyl (C=O) groups excluding carboxylic acids is 1. The maximum atomic E-state index is 12.6. The van der Waals surface area contributed by atoms with Gasteiger partial charge in [-0.25, -0.2) is 9.48 Å². The van der Waals surface area contributed by atoms with E-state index in [0.29, 0.717) is 11.4 Å². The van der Waals surface area contributed by atoms with Gasteiger partial charge >= 0.3 is 18.2 Å². The predicted molar refractivity (Wildman–Crippen MR) is 87.0 cm³/mol. The van der Waals surface area contributed by atoms with E-state index in [1.54, 1.807) is 0 Å². The maximum Gasteiger partial charge on any atom is 0.435 e. The summed E-state index contributed by atoms with van der Waals surface area (Å²) in [5.74, 6) is -1.72. The van der Waals surface area contributed by atoms with Crippen LogP contribution in [0.4, 0.5) is 23.7 Å². The Morgan fingerprint density at radius 1 is 1.27 bits per heavy atom. The molecule has 0 radical (unpaired) electrons. The third-order valence-corrected chi connectivity index (χ3v) is 3.58. The van der Waals surface area contributed by atoms with Crippen LogP contribution in [0.5, 0.6) is 0 Å². The lowest BCUT2D eigenvalue weighted by molar-refractivity contribution is -0.142.